The number of likely N-dealkylation sites (tertiary alicyclic amines) is 1. The van der Waals surface area contributed by atoms with Gasteiger partial charge in [-0.1, -0.05) is 18.2 Å². The molecule has 2 aliphatic rings. The van der Waals surface area contributed by atoms with Gasteiger partial charge >= 0.3 is 0 Å². The highest BCUT2D eigenvalue weighted by molar-refractivity contribution is 5.94. The molecule has 1 atom stereocenters. The van der Waals surface area contributed by atoms with Crippen molar-refractivity contribution in [3.63, 3.8) is 0 Å². The third kappa shape index (κ3) is 4.01. The summed E-state index contributed by atoms with van der Waals surface area (Å²) in [4.78, 5) is 17.9. The second-order valence-corrected chi connectivity index (χ2v) is 7.62. The van der Waals surface area contributed by atoms with Crippen molar-refractivity contribution in [3.05, 3.63) is 60.5 Å². The number of hydrogen-bond acceptors (Lipinski definition) is 5. The lowest BCUT2D eigenvalue weighted by Crippen LogP contribution is -2.49. The van der Waals surface area contributed by atoms with E-state index in [4.69, 9.17) is 4.42 Å². The minimum atomic E-state index is 0. The van der Waals surface area contributed by atoms with E-state index in [9.17, 15) is 4.79 Å². The Bertz CT molecular complexity index is 967. The van der Waals surface area contributed by atoms with Crippen LogP contribution >= 0.6 is 12.4 Å². The fraction of sp³-hybridized carbons (Fsp3) is 0.364. The number of piperazine rings is 1. The Labute approximate surface area is 182 Å². The second-order valence-electron chi connectivity index (χ2n) is 7.62. The predicted molar refractivity (Wildman–Crippen MR) is 117 cm³/mol. The summed E-state index contributed by atoms with van der Waals surface area (Å²) in [6.45, 7) is 5.71. The molecule has 1 unspecified atom stereocenters. The van der Waals surface area contributed by atoms with Gasteiger partial charge in [0.05, 0.1) is 12.0 Å². The van der Waals surface area contributed by atoms with Gasteiger partial charge in [-0.15, -0.1) is 12.4 Å². The fourth-order valence-corrected chi connectivity index (χ4v) is 4.28. The molecule has 0 bridgehead atoms. The molecule has 2 aromatic heterocycles. The van der Waals surface area contributed by atoms with Crippen molar-refractivity contribution in [1.82, 2.24) is 24.9 Å². The summed E-state index contributed by atoms with van der Waals surface area (Å²) in [5, 5.41) is 8.08. The lowest BCUT2D eigenvalue weighted by atomic mass is 10.2. The summed E-state index contributed by atoms with van der Waals surface area (Å²) in [5.41, 5.74) is 2.11. The maximum absolute atomic E-state index is 13.5. The molecular formula is C22H26ClN5O2. The van der Waals surface area contributed by atoms with Crippen molar-refractivity contribution in [1.29, 1.82) is 0 Å². The normalized spacial score (nSPS) is 19.6. The van der Waals surface area contributed by atoms with E-state index in [0.29, 0.717) is 23.2 Å². The van der Waals surface area contributed by atoms with Gasteiger partial charge in [-0.25, -0.2) is 4.68 Å². The van der Waals surface area contributed by atoms with E-state index in [1.165, 1.54) is 0 Å². The highest BCUT2D eigenvalue weighted by Gasteiger charge is 2.33. The van der Waals surface area contributed by atoms with E-state index in [1.807, 2.05) is 53.4 Å². The zero-order valence-electron chi connectivity index (χ0n) is 16.7. The number of nitrogens with zero attached hydrogens (tertiary/aromatic N) is 4. The average Bonchev–Trinajstić information content (AvgIpc) is 3.55. The highest BCUT2D eigenvalue weighted by atomic mass is 35.5. The molecule has 5 rings (SSSR count). The van der Waals surface area contributed by atoms with E-state index in [-0.39, 0.29) is 18.3 Å². The Morgan fingerprint density at radius 1 is 1.07 bits per heavy atom. The number of amides is 1. The van der Waals surface area contributed by atoms with Gasteiger partial charge in [-0.05, 0) is 30.7 Å². The number of carbonyl (C=O) groups is 1. The molecular weight excluding hydrogens is 402 g/mol. The van der Waals surface area contributed by atoms with Gasteiger partial charge in [0.1, 0.15) is 11.4 Å². The Morgan fingerprint density at radius 2 is 1.87 bits per heavy atom. The van der Waals surface area contributed by atoms with Crippen LogP contribution in [0.3, 0.4) is 0 Å². The van der Waals surface area contributed by atoms with Crippen LogP contribution in [-0.4, -0.2) is 70.8 Å². The molecule has 1 N–H and O–H groups in total. The van der Waals surface area contributed by atoms with Crippen LogP contribution in [0.5, 0.6) is 0 Å². The first-order chi connectivity index (χ1) is 14.3. The molecule has 0 aliphatic carbocycles. The van der Waals surface area contributed by atoms with Gasteiger partial charge in [0.25, 0.3) is 5.91 Å². The Balaban J connectivity index is 0.00000218. The lowest BCUT2D eigenvalue weighted by Gasteiger charge is -2.32. The van der Waals surface area contributed by atoms with Crippen LogP contribution in [0.25, 0.3) is 17.1 Å². The van der Waals surface area contributed by atoms with Gasteiger partial charge in [-0.3, -0.25) is 9.69 Å². The first kappa shape index (κ1) is 20.7. The Hall–Kier alpha value is -2.61. The second kappa shape index (κ2) is 9.04. The lowest BCUT2D eigenvalue weighted by molar-refractivity contribution is 0.0764. The molecule has 1 amide bonds. The molecule has 30 heavy (non-hydrogen) atoms. The number of benzene rings is 1. The molecule has 2 saturated heterocycles. The van der Waals surface area contributed by atoms with E-state index in [1.54, 1.807) is 10.9 Å². The van der Waals surface area contributed by atoms with Crippen molar-refractivity contribution in [2.24, 2.45) is 0 Å². The smallest absolute Gasteiger partial charge is 0.272 e. The van der Waals surface area contributed by atoms with Crippen molar-refractivity contribution < 1.29 is 9.21 Å². The molecule has 0 radical (unpaired) electrons. The quantitative estimate of drug-likeness (QED) is 0.693. The van der Waals surface area contributed by atoms with Gasteiger partial charge < -0.3 is 14.6 Å². The molecule has 4 heterocycles. The molecule has 158 valence electrons. The van der Waals surface area contributed by atoms with E-state index >= 15 is 0 Å². The minimum Gasteiger partial charge on any atom is -0.463 e. The number of halogens is 1. The van der Waals surface area contributed by atoms with Crippen molar-refractivity contribution in [2.75, 3.05) is 39.3 Å². The predicted octanol–water partition coefficient (Wildman–Crippen LogP) is 2.67. The Morgan fingerprint density at radius 3 is 2.60 bits per heavy atom. The summed E-state index contributed by atoms with van der Waals surface area (Å²) < 4.78 is 7.25. The average molecular weight is 428 g/mol. The van der Waals surface area contributed by atoms with E-state index in [2.05, 4.69) is 15.3 Å². The number of aromatic nitrogens is 2. The number of rotatable bonds is 4. The summed E-state index contributed by atoms with van der Waals surface area (Å²) >= 11 is 0. The summed E-state index contributed by atoms with van der Waals surface area (Å²) in [7, 11) is 0. The van der Waals surface area contributed by atoms with Crippen LogP contribution in [0, 0.1) is 0 Å². The topological polar surface area (TPSA) is 66.5 Å². The summed E-state index contributed by atoms with van der Waals surface area (Å²) in [6.07, 6.45) is 2.65. The molecule has 8 heteroatoms. The van der Waals surface area contributed by atoms with Crippen LogP contribution in [0.4, 0.5) is 0 Å². The third-order valence-corrected chi connectivity index (χ3v) is 5.82. The first-order valence-electron chi connectivity index (χ1n) is 10.2. The molecule has 2 aliphatic heterocycles. The van der Waals surface area contributed by atoms with Crippen LogP contribution < -0.4 is 5.32 Å². The number of para-hydroxylation sites is 1. The third-order valence-electron chi connectivity index (χ3n) is 5.82. The van der Waals surface area contributed by atoms with Gasteiger partial charge in [0.2, 0.25) is 0 Å². The van der Waals surface area contributed by atoms with E-state index in [0.717, 1.165) is 51.4 Å². The van der Waals surface area contributed by atoms with Gasteiger partial charge in [-0.2, -0.15) is 5.10 Å². The van der Waals surface area contributed by atoms with Crippen LogP contribution in [0.15, 0.2) is 59.2 Å². The highest BCUT2D eigenvalue weighted by Crippen LogP contribution is 2.25. The van der Waals surface area contributed by atoms with Crippen molar-refractivity contribution in [2.45, 2.75) is 12.5 Å². The van der Waals surface area contributed by atoms with Gasteiger partial charge in [0.15, 0.2) is 5.76 Å². The zero-order valence-corrected chi connectivity index (χ0v) is 17.6. The van der Waals surface area contributed by atoms with Crippen LogP contribution in [-0.2, 0) is 0 Å². The maximum atomic E-state index is 13.5. The molecule has 1 aromatic carbocycles. The largest absolute Gasteiger partial charge is 0.463 e. The standard InChI is InChI=1S/C22H25N5O2.ClH/c28-22(26-11-8-18(16-26)25-12-9-23-10-13-25)20-15-19(21-7-4-14-29-21)24-27(20)17-5-2-1-3-6-17;/h1-7,14-15,18,23H,8-13,16H2;1H. The monoisotopic (exact) mass is 427 g/mol. The minimum absolute atomic E-state index is 0. The van der Waals surface area contributed by atoms with Crippen LogP contribution in [0.2, 0.25) is 0 Å². The fourth-order valence-electron chi connectivity index (χ4n) is 4.28. The molecule has 3 aromatic rings. The number of nitrogens with one attached hydrogen (secondary N) is 1. The van der Waals surface area contributed by atoms with Gasteiger partial charge in [0, 0.05) is 51.4 Å². The van der Waals surface area contributed by atoms with Crippen LogP contribution in [0.1, 0.15) is 16.9 Å². The maximum Gasteiger partial charge on any atom is 0.272 e. The number of carbonyl (C=O) groups excluding carboxylic acids is 1. The Kier molecular flexibility index (Phi) is 6.22. The SMILES string of the molecule is Cl.O=C(c1cc(-c2ccco2)nn1-c1ccccc1)N1CCC(N2CCNCC2)C1. The summed E-state index contributed by atoms with van der Waals surface area (Å²) in [6, 6.07) is 15.8. The van der Waals surface area contributed by atoms with Crippen molar-refractivity contribution >= 4 is 18.3 Å². The zero-order chi connectivity index (χ0) is 19.6. The molecule has 0 saturated carbocycles. The molecule has 2 fully saturated rings. The van der Waals surface area contributed by atoms with E-state index < -0.39 is 0 Å². The first-order valence-corrected chi connectivity index (χ1v) is 10.2. The number of hydrogen-bond donors (Lipinski definition) is 1. The molecule has 7 nitrogen and oxygen atoms in total. The molecule has 0 spiro atoms. The van der Waals surface area contributed by atoms with Crippen molar-refractivity contribution in [3.8, 4) is 17.1 Å². The number of furan rings is 1. The summed E-state index contributed by atoms with van der Waals surface area (Å²) in [5.74, 6) is 0.686.